The zero-order chi connectivity index (χ0) is 17.1. The predicted molar refractivity (Wildman–Crippen MR) is 97.2 cm³/mol. The van der Waals surface area contributed by atoms with Crippen molar-refractivity contribution < 1.29 is 4.79 Å². The van der Waals surface area contributed by atoms with E-state index in [0.29, 0.717) is 0 Å². The van der Waals surface area contributed by atoms with Crippen molar-refractivity contribution >= 4 is 16.8 Å². The lowest BCUT2D eigenvalue weighted by Gasteiger charge is -2.37. The smallest absolute Gasteiger partial charge is 0.255 e. The maximum atomic E-state index is 13.1. The third-order valence-corrected chi connectivity index (χ3v) is 4.96. The Bertz CT molecular complexity index is 946. The Hall–Kier alpha value is -2.55. The molecule has 24 heavy (non-hydrogen) atoms. The van der Waals surface area contributed by atoms with Gasteiger partial charge in [-0.3, -0.25) is 4.79 Å². The highest BCUT2D eigenvalue weighted by atomic mass is 16.2. The summed E-state index contributed by atoms with van der Waals surface area (Å²) in [5.41, 5.74) is 5.10. The first-order chi connectivity index (χ1) is 11.4. The first-order valence-electron chi connectivity index (χ1n) is 8.39. The van der Waals surface area contributed by atoms with E-state index in [1.807, 2.05) is 29.2 Å². The van der Waals surface area contributed by atoms with Gasteiger partial charge in [0.2, 0.25) is 0 Å². The molecular weight excluding hydrogens is 296 g/mol. The van der Waals surface area contributed by atoms with Gasteiger partial charge >= 0.3 is 0 Å². The number of carbonyl (C=O) groups excluding carboxylic acids is 1. The Morgan fingerprint density at radius 2 is 1.67 bits per heavy atom. The first kappa shape index (κ1) is 15.0. The van der Waals surface area contributed by atoms with Gasteiger partial charge in [0.15, 0.2) is 0 Å². The molecule has 1 aliphatic rings. The number of fused-ring (bicyclic) bond motifs is 2. The molecule has 3 nitrogen and oxygen atoms in total. The second-order valence-corrected chi connectivity index (χ2v) is 7.55. The molecule has 0 spiro atoms. The van der Waals surface area contributed by atoms with E-state index in [1.165, 1.54) is 10.9 Å². The maximum absolute atomic E-state index is 13.1. The number of nitrogens with zero attached hydrogens (tertiary/aromatic N) is 1. The summed E-state index contributed by atoms with van der Waals surface area (Å²) < 4.78 is 0. The number of aromatic amines is 1. The third kappa shape index (κ3) is 2.01. The van der Waals surface area contributed by atoms with Gasteiger partial charge in [-0.2, -0.15) is 0 Å². The van der Waals surface area contributed by atoms with E-state index < -0.39 is 0 Å². The van der Waals surface area contributed by atoms with Gasteiger partial charge < -0.3 is 9.88 Å². The minimum Gasteiger partial charge on any atom is -0.356 e. The Kier molecular flexibility index (Phi) is 3.11. The maximum Gasteiger partial charge on any atom is 0.255 e. The van der Waals surface area contributed by atoms with Crippen LogP contribution in [0.2, 0.25) is 0 Å². The standard InChI is InChI=1S/C21H22N2O/c1-13-14-9-7-8-12-17(14)22-18(13)19-15-10-5-6-11-16(15)20(24)23(19)21(2,3)4/h5-12,19,22H,1-4H3/t19-/m1/s1. The van der Waals surface area contributed by atoms with Gasteiger partial charge in [0.25, 0.3) is 5.91 Å². The van der Waals surface area contributed by atoms with Gasteiger partial charge in [-0.05, 0) is 51.0 Å². The van der Waals surface area contributed by atoms with Crippen molar-refractivity contribution in [1.82, 2.24) is 9.88 Å². The highest BCUT2D eigenvalue weighted by Gasteiger charge is 2.44. The van der Waals surface area contributed by atoms with Crippen LogP contribution in [0.5, 0.6) is 0 Å². The van der Waals surface area contributed by atoms with E-state index in [-0.39, 0.29) is 17.5 Å². The molecule has 0 aliphatic carbocycles. The lowest BCUT2D eigenvalue weighted by atomic mass is 9.97. The highest BCUT2D eigenvalue weighted by Crippen LogP contribution is 2.44. The SMILES string of the molecule is Cc1c([C@H]2c3ccccc3C(=O)N2C(C)(C)C)[nH]c2ccccc12. The zero-order valence-electron chi connectivity index (χ0n) is 14.6. The summed E-state index contributed by atoms with van der Waals surface area (Å²) in [4.78, 5) is 18.7. The van der Waals surface area contributed by atoms with Crippen molar-refractivity contribution in [3.63, 3.8) is 0 Å². The van der Waals surface area contributed by atoms with Crippen LogP contribution in [0.1, 0.15) is 54.0 Å². The van der Waals surface area contributed by atoms with Crippen molar-refractivity contribution in [2.45, 2.75) is 39.3 Å². The Balaban J connectivity index is 1.99. The van der Waals surface area contributed by atoms with Crippen LogP contribution < -0.4 is 0 Å². The Morgan fingerprint density at radius 1 is 1.00 bits per heavy atom. The number of rotatable bonds is 1. The normalized spacial score (nSPS) is 17.6. The second-order valence-electron chi connectivity index (χ2n) is 7.55. The molecule has 1 atom stereocenters. The van der Waals surface area contributed by atoms with E-state index in [2.05, 4.69) is 56.9 Å². The molecular formula is C21H22N2O. The molecule has 3 heteroatoms. The fourth-order valence-corrected chi connectivity index (χ4v) is 3.87. The molecule has 2 aromatic carbocycles. The molecule has 2 heterocycles. The molecule has 1 aliphatic heterocycles. The average Bonchev–Trinajstić information content (AvgIpc) is 3.03. The van der Waals surface area contributed by atoms with Crippen LogP contribution in [-0.4, -0.2) is 21.3 Å². The summed E-state index contributed by atoms with van der Waals surface area (Å²) in [6, 6.07) is 16.2. The fraction of sp³-hybridized carbons (Fsp3) is 0.286. The van der Waals surface area contributed by atoms with Gasteiger partial charge in [0.05, 0.1) is 6.04 Å². The minimum absolute atomic E-state index is 0.0684. The molecule has 0 bridgehead atoms. The number of amides is 1. The van der Waals surface area contributed by atoms with E-state index in [4.69, 9.17) is 0 Å². The summed E-state index contributed by atoms with van der Waals surface area (Å²) in [7, 11) is 0. The lowest BCUT2D eigenvalue weighted by Crippen LogP contribution is -2.44. The van der Waals surface area contributed by atoms with Crippen molar-refractivity contribution in [2.75, 3.05) is 0 Å². The van der Waals surface area contributed by atoms with E-state index in [0.717, 1.165) is 22.3 Å². The summed E-state index contributed by atoms with van der Waals surface area (Å²) >= 11 is 0. The molecule has 0 saturated heterocycles. The number of para-hydroxylation sites is 1. The lowest BCUT2D eigenvalue weighted by molar-refractivity contribution is 0.0547. The van der Waals surface area contributed by atoms with Crippen LogP contribution in [0.3, 0.4) is 0 Å². The molecule has 1 N–H and O–H groups in total. The summed E-state index contributed by atoms with van der Waals surface area (Å²) in [5, 5.41) is 1.22. The molecule has 0 unspecified atom stereocenters. The fourth-order valence-electron chi connectivity index (χ4n) is 3.87. The predicted octanol–water partition coefficient (Wildman–Crippen LogP) is 4.82. The van der Waals surface area contributed by atoms with Gasteiger partial charge in [0, 0.05) is 27.7 Å². The number of nitrogens with one attached hydrogen (secondary N) is 1. The number of hydrogen-bond acceptors (Lipinski definition) is 1. The van der Waals surface area contributed by atoms with Gasteiger partial charge in [-0.25, -0.2) is 0 Å². The van der Waals surface area contributed by atoms with Crippen LogP contribution in [0.4, 0.5) is 0 Å². The number of H-pyrrole nitrogens is 1. The van der Waals surface area contributed by atoms with Gasteiger partial charge in [-0.1, -0.05) is 36.4 Å². The number of hydrogen-bond donors (Lipinski definition) is 1. The molecule has 1 aromatic heterocycles. The number of aromatic nitrogens is 1. The molecule has 0 radical (unpaired) electrons. The van der Waals surface area contributed by atoms with E-state index in [9.17, 15) is 4.79 Å². The topological polar surface area (TPSA) is 36.1 Å². The summed E-state index contributed by atoms with van der Waals surface area (Å²) in [6.45, 7) is 8.44. The van der Waals surface area contributed by atoms with Crippen molar-refractivity contribution in [2.24, 2.45) is 0 Å². The molecule has 122 valence electrons. The molecule has 1 amide bonds. The van der Waals surface area contributed by atoms with Gasteiger partial charge in [-0.15, -0.1) is 0 Å². The second kappa shape index (κ2) is 4.97. The van der Waals surface area contributed by atoms with Crippen LogP contribution in [0.25, 0.3) is 10.9 Å². The first-order valence-corrected chi connectivity index (χ1v) is 8.39. The van der Waals surface area contributed by atoms with Crippen LogP contribution in [0.15, 0.2) is 48.5 Å². The number of benzene rings is 2. The van der Waals surface area contributed by atoms with E-state index >= 15 is 0 Å². The number of aryl methyl sites for hydroxylation is 1. The monoisotopic (exact) mass is 318 g/mol. The highest BCUT2D eigenvalue weighted by molar-refractivity contribution is 6.00. The van der Waals surface area contributed by atoms with Crippen molar-refractivity contribution in [1.29, 1.82) is 0 Å². The van der Waals surface area contributed by atoms with E-state index in [1.54, 1.807) is 0 Å². The molecule has 0 fully saturated rings. The zero-order valence-corrected chi connectivity index (χ0v) is 14.6. The Morgan fingerprint density at radius 3 is 2.38 bits per heavy atom. The Labute approximate surface area is 142 Å². The minimum atomic E-state index is -0.259. The summed E-state index contributed by atoms with van der Waals surface area (Å²) in [5.74, 6) is 0.112. The van der Waals surface area contributed by atoms with Gasteiger partial charge in [0.1, 0.15) is 0 Å². The van der Waals surface area contributed by atoms with Crippen molar-refractivity contribution in [3.05, 3.63) is 70.9 Å². The molecule has 0 saturated carbocycles. The number of carbonyl (C=O) groups is 1. The van der Waals surface area contributed by atoms with Crippen LogP contribution in [-0.2, 0) is 0 Å². The average molecular weight is 318 g/mol. The van der Waals surface area contributed by atoms with Crippen LogP contribution in [0, 0.1) is 6.92 Å². The summed E-state index contributed by atoms with van der Waals surface area (Å²) in [6.07, 6.45) is 0. The molecule has 4 rings (SSSR count). The van der Waals surface area contributed by atoms with Crippen molar-refractivity contribution in [3.8, 4) is 0 Å². The third-order valence-electron chi connectivity index (χ3n) is 4.96. The van der Waals surface area contributed by atoms with Crippen LogP contribution >= 0.6 is 0 Å². The molecule has 3 aromatic rings. The quantitative estimate of drug-likeness (QED) is 0.686. The largest absolute Gasteiger partial charge is 0.356 e.